The van der Waals surface area contributed by atoms with Gasteiger partial charge in [0.15, 0.2) is 0 Å². The molecular formula is C29H28N4O4. The molecule has 2 heterocycles. The maximum Gasteiger partial charge on any atom is 0.336 e. The van der Waals surface area contributed by atoms with Crippen LogP contribution in [0.5, 0.6) is 0 Å². The molecule has 2 aromatic carbocycles. The lowest BCUT2D eigenvalue weighted by Gasteiger charge is -2.31. The number of carbonyl (C=O) groups excluding carboxylic acids is 3. The van der Waals surface area contributed by atoms with Gasteiger partial charge >= 0.3 is 5.97 Å². The minimum atomic E-state index is -0.670. The lowest BCUT2D eigenvalue weighted by molar-refractivity contribution is -0.136. The van der Waals surface area contributed by atoms with Crippen molar-refractivity contribution >= 4 is 29.2 Å². The highest BCUT2D eigenvalue weighted by Crippen LogP contribution is 2.40. The van der Waals surface area contributed by atoms with E-state index in [1.165, 1.54) is 7.11 Å². The normalized spacial score (nSPS) is 17.3. The van der Waals surface area contributed by atoms with Gasteiger partial charge in [-0.3, -0.25) is 9.59 Å². The van der Waals surface area contributed by atoms with Crippen molar-refractivity contribution in [3.63, 3.8) is 0 Å². The van der Waals surface area contributed by atoms with Crippen LogP contribution in [0.25, 0.3) is 0 Å². The average Bonchev–Trinajstić information content (AvgIpc) is 2.92. The Morgan fingerprint density at radius 3 is 2.54 bits per heavy atom. The summed E-state index contributed by atoms with van der Waals surface area (Å²) in [5, 5.41) is 10.3. The number of carbonyl (C=O) groups is 3. The van der Waals surface area contributed by atoms with Crippen molar-refractivity contribution < 1.29 is 19.1 Å². The number of rotatable bonds is 6. The van der Waals surface area contributed by atoms with Crippen LogP contribution in [0, 0.1) is 12.3 Å². The molecule has 2 aliphatic rings. The Balaban J connectivity index is 1.69. The van der Waals surface area contributed by atoms with Gasteiger partial charge in [-0.15, -0.1) is 6.42 Å². The van der Waals surface area contributed by atoms with Gasteiger partial charge in [0.25, 0.3) is 5.91 Å². The van der Waals surface area contributed by atoms with Crippen LogP contribution in [0.4, 0.5) is 5.69 Å². The van der Waals surface area contributed by atoms with Gasteiger partial charge in [-0.25, -0.2) is 10.2 Å². The van der Waals surface area contributed by atoms with Crippen molar-refractivity contribution in [1.29, 1.82) is 0 Å². The second-order valence-corrected chi connectivity index (χ2v) is 8.73. The maximum atomic E-state index is 13.7. The predicted molar refractivity (Wildman–Crippen MR) is 141 cm³/mol. The number of anilines is 1. The summed E-state index contributed by atoms with van der Waals surface area (Å²) in [6, 6.07) is 14.5. The summed E-state index contributed by atoms with van der Waals surface area (Å²) >= 11 is 0. The first-order chi connectivity index (χ1) is 17.9. The number of benzene rings is 2. The van der Waals surface area contributed by atoms with Gasteiger partial charge in [-0.1, -0.05) is 37.1 Å². The number of dihydropyridines is 1. The maximum absolute atomic E-state index is 13.7. The molecule has 0 radical (unpaired) electrons. The Bertz CT molecular complexity index is 1390. The van der Waals surface area contributed by atoms with Gasteiger partial charge < -0.3 is 15.4 Å². The molecule has 8 heteroatoms. The SMILES string of the molecule is C#Cc1cccc(C2C(C(=O)Nc3ccc(C4=NNC(=O)CC4)cc3)=C(C)NC(CC)=C2C(=O)OC)c1. The number of allylic oxidation sites excluding steroid dienone is 2. The number of methoxy groups -OCH3 is 1. The molecular weight excluding hydrogens is 468 g/mol. The molecule has 0 aromatic heterocycles. The van der Waals surface area contributed by atoms with Crippen molar-refractivity contribution in [2.75, 3.05) is 12.4 Å². The summed E-state index contributed by atoms with van der Waals surface area (Å²) in [5.74, 6) is 0.982. The first-order valence-electron chi connectivity index (χ1n) is 12.0. The Labute approximate surface area is 215 Å². The third-order valence-corrected chi connectivity index (χ3v) is 6.42. The van der Waals surface area contributed by atoms with Crippen molar-refractivity contribution in [2.45, 2.75) is 39.0 Å². The summed E-state index contributed by atoms with van der Waals surface area (Å²) in [6.07, 6.45) is 7.12. The molecule has 4 rings (SSSR count). The average molecular weight is 497 g/mol. The molecule has 37 heavy (non-hydrogen) atoms. The van der Waals surface area contributed by atoms with Gasteiger partial charge in [-0.2, -0.15) is 5.10 Å². The Hall–Kier alpha value is -4.64. The molecule has 0 bridgehead atoms. The third-order valence-electron chi connectivity index (χ3n) is 6.42. The number of hydrogen-bond acceptors (Lipinski definition) is 6. The van der Waals surface area contributed by atoms with Crippen molar-refractivity contribution in [2.24, 2.45) is 5.10 Å². The standard InChI is InChI=1S/C29H28N4O4/c1-5-18-8-7-9-20(16-18)26-25(17(3)30-22(6-2)27(26)29(36)37-4)28(35)31-21-12-10-19(11-13-21)23-14-15-24(34)33-32-23/h1,7-13,16,26,30H,6,14-15H2,2-4H3,(H,31,35)(H,33,34). The molecule has 2 aliphatic heterocycles. The lowest BCUT2D eigenvalue weighted by atomic mass is 9.79. The molecule has 0 spiro atoms. The summed E-state index contributed by atoms with van der Waals surface area (Å²) < 4.78 is 5.12. The quantitative estimate of drug-likeness (QED) is 0.417. The molecule has 1 atom stereocenters. The second-order valence-electron chi connectivity index (χ2n) is 8.73. The zero-order valence-electron chi connectivity index (χ0n) is 21.0. The van der Waals surface area contributed by atoms with E-state index in [0.29, 0.717) is 53.1 Å². The van der Waals surface area contributed by atoms with Crippen LogP contribution in [-0.2, 0) is 19.1 Å². The molecule has 0 saturated heterocycles. The summed E-state index contributed by atoms with van der Waals surface area (Å²) in [4.78, 5) is 38.0. The first-order valence-corrected chi connectivity index (χ1v) is 12.0. The molecule has 188 valence electrons. The minimum Gasteiger partial charge on any atom is -0.466 e. The summed E-state index contributed by atoms with van der Waals surface area (Å²) in [6.45, 7) is 3.75. The molecule has 2 amide bonds. The van der Waals surface area contributed by atoms with E-state index < -0.39 is 11.9 Å². The molecule has 0 fully saturated rings. The Morgan fingerprint density at radius 1 is 1.16 bits per heavy atom. The van der Waals surface area contributed by atoms with Crippen LogP contribution in [0.2, 0.25) is 0 Å². The second kappa shape index (κ2) is 11.0. The molecule has 0 saturated carbocycles. The number of amides is 2. The highest BCUT2D eigenvalue weighted by molar-refractivity contribution is 6.09. The fraction of sp³-hybridized carbons (Fsp3) is 0.241. The van der Waals surface area contributed by atoms with Crippen LogP contribution in [0.3, 0.4) is 0 Å². The number of nitrogens with one attached hydrogen (secondary N) is 3. The molecule has 8 nitrogen and oxygen atoms in total. The van der Waals surface area contributed by atoms with E-state index in [4.69, 9.17) is 11.2 Å². The summed E-state index contributed by atoms with van der Waals surface area (Å²) in [7, 11) is 1.33. The lowest BCUT2D eigenvalue weighted by Crippen LogP contribution is -2.34. The van der Waals surface area contributed by atoms with Crippen LogP contribution in [0.1, 0.15) is 55.7 Å². The van der Waals surface area contributed by atoms with Crippen LogP contribution >= 0.6 is 0 Å². The number of terminal acetylenes is 1. The Morgan fingerprint density at radius 2 is 1.92 bits per heavy atom. The summed E-state index contributed by atoms with van der Waals surface area (Å²) in [5.41, 5.74) is 8.19. The highest BCUT2D eigenvalue weighted by atomic mass is 16.5. The van der Waals surface area contributed by atoms with Crippen molar-refractivity contribution in [3.8, 4) is 12.3 Å². The van der Waals surface area contributed by atoms with Crippen molar-refractivity contribution in [1.82, 2.24) is 10.7 Å². The smallest absolute Gasteiger partial charge is 0.336 e. The molecule has 3 N–H and O–H groups in total. The van der Waals surface area contributed by atoms with Gasteiger partial charge in [0.05, 0.1) is 24.3 Å². The number of hydrazone groups is 1. The number of nitrogens with zero attached hydrogens (tertiary/aromatic N) is 1. The van der Waals surface area contributed by atoms with Gasteiger partial charge in [0, 0.05) is 41.1 Å². The van der Waals surface area contributed by atoms with E-state index in [1.54, 1.807) is 18.2 Å². The fourth-order valence-corrected chi connectivity index (χ4v) is 4.60. The fourth-order valence-electron chi connectivity index (χ4n) is 4.60. The molecule has 2 aromatic rings. The van der Waals surface area contributed by atoms with Crippen LogP contribution < -0.4 is 16.1 Å². The largest absolute Gasteiger partial charge is 0.466 e. The Kier molecular flexibility index (Phi) is 7.54. The van der Waals surface area contributed by atoms with E-state index in [-0.39, 0.29) is 11.8 Å². The van der Waals surface area contributed by atoms with E-state index in [1.807, 2.05) is 44.2 Å². The number of esters is 1. The predicted octanol–water partition coefficient (Wildman–Crippen LogP) is 3.72. The zero-order chi connectivity index (χ0) is 26.5. The first kappa shape index (κ1) is 25.5. The van der Waals surface area contributed by atoms with Gasteiger partial charge in [0.1, 0.15) is 0 Å². The number of ether oxygens (including phenoxy) is 1. The molecule has 0 aliphatic carbocycles. The van der Waals surface area contributed by atoms with E-state index in [9.17, 15) is 14.4 Å². The van der Waals surface area contributed by atoms with E-state index in [2.05, 4.69) is 27.1 Å². The van der Waals surface area contributed by atoms with Gasteiger partial charge in [-0.05, 0) is 48.7 Å². The highest BCUT2D eigenvalue weighted by Gasteiger charge is 2.37. The minimum absolute atomic E-state index is 0.105. The number of hydrogen-bond donors (Lipinski definition) is 3. The third kappa shape index (κ3) is 5.31. The van der Waals surface area contributed by atoms with Crippen LogP contribution in [0.15, 0.2) is 76.2 Å². The zero-order valence-corrected chi connectivity index (χ0v) is 21.0. The van der Waals surface area contributed by atoms with E-state index >= 15 is 0 Å². The topological polar surface area (TPSA) is 109 Å². The monoisotopic (exact) mass is 496 g/mol. The van der Waals surface area contributed by atoms with Gasteiger partial charge in [0.2, 0.25) is 5.91 Å². The van der Waals surface area contributed by atoms with E-state index in [0.717, 1.165) is 16.8 Å². The van der Waals surface area contributed by atoms with Crippen LogP contribution in [-0.4, -0.2) is 30.6 Å². The van der Waals surface area contributed by atoms with Crippen molar-refractivity contribution in [3.05, 3.63) is 87.8 Å². The molecule has 1 unspecified atom stereocenters.